The average molecular weight is 460 g/mol. The third kappa shape index (κ3) is 6.52. The summed E-state index contributed by atoms with van der Waals surface area (Å²) in [5, 5.41) is 0. The summed E-state index contributed by atoms with van der Waals surface area (Å²) in [5.74, 6) is 0.552. The lowest BCUT2D eigenvalue weighted by molar-refractivity contribution is 0.0453. The molecule has 2 aromatic rings. The maximum Gasteiger partial charge on any atom is 0.410 e. The van der Waals surface area contributed by atoms with E-state index in [0.29, 0.717) is 12.5 Å². The van der Waals surface area contributed by atoms with Gasteiger partial charge in [-0.1, -0.05) is 124 Å². The number of hydrogen-bond acceptors (Lipinski definition) is 2. The summed E-state index contributed by atoms with van der Waals surface area (Å²) in [5.41, 5.74) is 2.14. The van der Waals surface area contributed by atoms with E-state index in [0.717, 1.165) is 31.4 Å². The van der Waals surface area contributed by atoms with Crippen molar-refractivity contribution in [2.24, 2.45) is 5.92 Å². The molecule has 2 atom stereocenters. The van der Waals surface area contributed by atoms with Gasteiger partial charge in [-0.25, -0.2) is 4.79 Å². The van der Waals surface area contributed by atoms with Crippen LogP contribution in [0.4, 0.5) is 4.79 Å². The summed E-state index contributed by atoms with van der Waals surface area (Å²) in [6.07, 6.45) is 19.2. The Labute approximate surface area is 206 Å². The number of benzene rings is 2. The standard InChI is InChI=1S/C31H41NO2/c33-30(34-26-28-18-11-8-12-19-28)32-25-22-29-21-13-5-3-1-2-4-6-14-23-31(29,32)24-15-20-27-16-9-7-10-17-27/h7-12,15-20,29H,1-6,13-14,21-26H2/b20-15+. The van der Waals surface area contributed by atoms with Crippen LogP contribution in [0.5, 0.6) is 0 Å². The van der Waals surface area contributed by atoms with E-state index in [1.165, 1.54) is 63.4 Å². The van der Waals surface area contributed by atoms with Crippen LogP contribution in [0.3, 0.4) is 0 Å². The molecule has 2 aliphatic rings. The number of amides is 1. The molecule has 182 valence electrons. The van der Waals surface area contributed by atoms with Gasteiger partial charge in [-0.05, 0) is 42.7 Å². The molecule has 3 nitrogen and oxygen atoms in total. The summed E-state index contributed by atoms with van der Waals surface area (Å²) < 4.78 is 5.89. The summed E-state index contributed by atoms with van der Waals surface area (Å²) in [7, 11) is 0. The van der Waals surface area contributed by atoms with Gasteiger partial charge in [-0.2, -0.15) is 0 Å². The molecule has 1 heterocycles. The van der Waals surface area contributed by atoms with Crippen molar-refractivity contribution in [2.75, 3.05) is 6.54 Å². The molecule has 1 saturated carbocycles. The number of fused-ring (bicyclic) bond motifs is 1. The summed E-state index contributed by atoms with van der Waals surface area (Å²) in [6.45, 7) is 1.16. The minimum Gasteiger partial charge on any atom is -0.445 e. The van der Waals surface area contributed by atoms with E-state index in [9.17, 15) is 4.79 Å². The van der Waals surface area contributed by atoms with Crippen molar-refractivity contribution in [1.82, 2.24) is 4.90 Å². The Morgan fingerprint density at radius 2 is 1.50 bits per heavy atom. The lowest BCUT2D eigenvalue weighted by Gasteiger charge is -2.42. The molecule has 0 N–H and O–H groups in total. The Balaban J connectivity index is 1.54. The van der Waals surface area contributed by atoms with Crippen molar-refractivity contribution in [1.29, 1.82) is 0 Å². The van der Waals surface area contributed by atoms with Crippen LogP contribution in [0.1, 0.15) is 88.2 Å². The number of nitrogens with zero attached hydrogens (tertiary/aromatic N) is 1. The predicted octanol–water partition coefficient (Wildman–Crippen LogP) is 8.40. The highest BCUT2D eigenvalue weighted by Gasteiger charge is 2.49. The first-order chi connectivity index (χ1) is 16.8. The van der Waals surface area contributed by atoms with Crippen molar-refractivity contribution in [2.45, 2.75) is 89.2 Å². The second-order valence-corrected chi connectivity index (χ2v) is 10.2. The molecule has 2 aromatic carbocycles. The summed E-state index contributed by atoms with van der Waals surface area (Å²) in [6, 6.07) is 20.5. The van der Waals surface area contributed by atoms with Crippen LogP contribution in [0, 0.1) is 5.92 Å². The van der Waals surface area contributed by atoms with E-state index in [1.54, 1.807) is 0 Å². The first kappa shape index (κ1) is 24.6. The van der Waals surface area contributed by atoms with Crippen molar-refractivity contribution in [3.05, 3.63) is 77.9 Å². The molecular weight excluding hydrogens is 418 g/mol. The van der Waals surface area contributed by atoms with Gasteiger partial charge in [0, 0.05) is 6.54 Å². The van der Waals surface area contributed by atoms with Crippen molar-refractivity contribution in [3.8, 4) is 0 Å². The molecular formula is C31H41NO2. The normalized spacial score (nSPS) is 24.2. The average Bonchev–Trinajstić information content (AvgIpc) is 3.22. The molecule has 1 amide bonds. The van der Waals surface area contributed by atoms with Crippen LogP contribution in [0.15, 0.2) is 66.7 Å². The molecule has 2 fully saturated rings. The predicted molar refractivity (Wildman–Crippen MR) is 140 cm³/mol. The lowest BCUT2D eigenvalue weighted by Crippen LogP contribution is -2.50. The molecule has 1 aliphatic carbocycles. The number of likely N-dealkylation sites (tertiary alicyclic amines) is 1. The van der Waals surface area contributed by atoms with Gasteiger partial charge in [0.25, 0.3) is 0 Å². The van der Waals surface area contributed by atoms with E-state index in [-0.39, 0.29) is 11.6 Å². The SMILES string of the molecule is O=C(OCc1ccccc1)N1CCC2CCCCCCCCCCC21C/C=C/c1ccccc1. The van der Waals surface area contributed by atoms with E-state index in [4.69, 9.17) is 4.74 Å². The van der Waals surface area contributed by atoms with Crippen LogP contribution in [-0.4, -0.2) is 23.1 Å². The van der Waals surface area contributed by atoms with E-state index in [1.807, 2.05) is 30.3 Å². The highest BCUT2D eigenvalue weighted by molar-refractivity contribution is 5.69. The fourth-order valence-corrected chi connectivity index (χ4v) is 6.04. The molecule has 1 saturated heterocycles. The number of carbonyl (C=O) groups excluding carboxylic acids is 1. The first-order valence-corrected chi connectivity index (χ1v) is 13.5. The highest BCUT2D eigenvalue weighted by atomic mass is 16.6. The number of rotatable bonds is 5. The first-order valence-electron chi connectivity index (χ1n) is 13.5. The zero-order chi connectivity index (χ0) is 23.5. The number of ether oxygens (including phenoxy) is 1. The second kappa shape index (κ2) is 12.8. The van der Waals surface area contributed by atoms with Crippen LogP contribution in [-0.2, 0) is 11.3 Å². The van der Waals surface area contributed by atoms with Gasteiger partial charge in [0.15, 0.2) is 0 Å². The van der Waals surface area contributed by atoms with Gasteiger partial charge >= 0.3 is 6.09 Å². The Hall–Kier alpha value is -2.55. The highest BCUT2D eigenvalue weighted by Crippen LogP contribution is 2.45. The Bertz CT molecular complexity index is 894. The van der Waals surface area contributed by atoms with Crippen LogP contribution in [0.2, 0.25) is 0 Å². The van der Waals surface area contributed by atoms with Gasteiger partial charge in [-0.3, -0.25) is 0 Å². The molecule has 3 heteroatoms. The largest absolute Gasteiger partial charge is 0.445 e. The topological polar surface area (TPSA) is 29.5 Å². The second-order valence-electron chi connectivity index (χ2n) is 10.2. The zero-order valence-corrected chi connectivity index (χ0v) is 20.7. The Morgan fingerprint density at radius 1 is 0.853 bits per heavy atom. The van der Waals surface area contributed by atoms with Gasteiger partial charge in [0.2, 0.25) is 0 Å². The van der Waals surface area contributed by atoms with E-state index in [2.05, 4.69) is 47.4 Å². The molecule has 1 aliphatic heterocycles. The Morgan fingerprint density at radius 3 is 2.24 bits per heavy atom. The van der Waals surface area contributed by atoms with Crippen molar-refractivity contribution in [3.63, 3.8) is 0 Å². The van der Waals surface area contributed by atoms with E-state index < -0.39 is 0 Å². The molecule has 0 aromatic heterocycles. The molecule has 0 spiro atoms. The quantitative estimate of drug-likeness (QED) is 0.449. The lowest BCUT2D eigenvalue weighted by atomic mass is 9.75. The number of hydrogen-bond donors (Lipinski definition) is 0. The van der Waals surface area contributed by atoms with Gasteiger partial charge in [0.1, 0.15) is 6.61 Å². The number of carbonyl (C=O) groups is 1. The fourth-order valence-electron chi connectivity index (χ4n) is 6.04. The minimum absolute atomic E-state index is 0.127. The monoisotopic (exact) mass is 459 g/mol. The molecule has 2 unspecified atom stereocenters. The maximum atomic E-state index is 13.5. The van der Waals surface area contributed by atoms with Crippen molar-refractivity contribution >= 4 is 12.2 Å². The van der Waals surface area contributed by atoms with E-state index >= 15 is 0 Å². The Kier molecular flexibility index (Phi) is 9.24. The fraction of sp³-hybridized carbons (Fsp3) is 0.516. The van der Waals surface area contributed by atoms with Crippen molar-refractivity contribution < 1.29 is 9.53 Å². The molecule has 0 bridgehead atoms. The van der Waals surface area contributed by atoms with Gasteiger partial charge in [0.05, 0.1) is 5.54 Å². The third-order valence-electron chi connectivity index (χ3n) is 7.92. The summed E-state index contributed by atoms with van der Waals surface area (Å²) >= 11 is 0. The molecule has 4 rings (SSSR count). The van der Waals surface area contributed by atoms with Crippen LogP contribution < -0.4 is 0 Å². The molecule has 34 heavy (non-hydrogen) atoms. The molecule has 0 radical (unpaired) electrons. The third-order valence-corrected chi connectivity index (χ3v) is 7.92. The van der Waals surface area contributed by atoms with Gasteiger partial charge in [-0.15, -0.1) is 0 Å². The smallest absolute Gasteiger partial charge is 0.410 e. The maximum absolute atomic E-state index is 13.5. The zero-order valence-electron chi connectivity index (χ0n) is 20.7. The van der Waals surface area contributed by atoms with Gasteiger partial charge < -0.3 is 9.64 Å². The van der Waals surface area contributed by atoms with Crippen LogP contribution in [0.25, 0.3) is 6.08 Å². The summed E-state index contributed by atoms with van der Waals surface area (Å²) in [4.78, 5) is 15.6. The minimum atomic E-state index is -0.133. The van der Waals surface area contributed by atoms with Crippen LogP contribution >= 0.6 is 0 Å².